The van der Waals surface area contributed by atoms with Crippen LogP contribution in [0.5, 0.6) is 5.75 Å². The summed E-state index contributed by atoms with van der Waals surface area (Å²) < 4.78 is 26.1. The summed E-state index contributed by atoms with van der Waals surface area (Å²) >= 11 is 0. The maximum absolute atomic E-state index is 14.7. The fourth-order valence-corrected chi connectivity index (χ4v) is 5.98. The highest BCUT2D eigenvalue weighted by Gasteiger charge is 2.53. The Bertz CT molecular complexity index is 1980. The Kier molecular flexibility index (Phi) is 10.8. The van der Waals surface area contributed by atoms with E-state index >= 15 is 0 Å². The van der Waals surface area contributed by atoms with Crippen LogP contribution in [0.25, 0.3) is 21.6 Å². The molecule has 2 atom stereocenters. The van der Waals surface area contributed by atoms with Gasteiger partial charge < -0.3 is 19.9 Å². The van der Waals surface area contributed by atoms with E-state index in [1.54, 1.807) is 24.3 Å². The molecule has 252 valence electrons. The van der Waals surface area contributed by atoms with Crippen LogP contribution in [0.3, 0.4) is 0 Å². The number of aliphatic hydroxyl groups is 1. The molecule has 0 bridgehead atoms. The summed E-state index contributed by atoms with van der Waals surface area (Å²) in [5.74, 6) is 0.171. The van der Waals surface area contributed by atoms with Crippen molar-refractivity contribution in [1.29, 1.82) is 0 Å². The number of amides is 1. The standard InChI is InChI=1S/C40H36FN5O4/c41-35-19-11-28(12-20-35)26-43-39(48)40(25-33-9-4-5-10-34(33)27-44-46-42)37(31-15-13-30(14-16-31)29-7-2-1-3-8-29)50-38(45-40)32-17-21-36(22-18-32)49-24-6-23-47/h1-5,7-22,37,47H,6,23-27H2,(H,43,48)/t37-,40-/m1/s1. The predicted molar refractivity (Wildman–Crippen MR) is 190 cm³/mol. The zero-order valence-electron chi connectivity index (χ0n) is 27.3. The Morgan fingerprint density at radius 1 is 0.880 bits per heavy atom. The van der Waals surface area contributed by atoms with Crippen LogP contribution in [0.15, 0.2) is 138 Å². The molecule has 0 aliphatic carbocycles. The summed E-state index contributed by atoms with van der Waals surface area (Å²) in [7, 11) is 0. The van der Waals surface area contributed by atoms with Gasteiger partial charge in [0.2, 0.25) is 5.90 Å². The molecule has 0 fully saturated rings. The number of azide groups is 1. The molecule has 6 rings (SSSR count). The van der Waals surface area contributed by atoms with Crippen LogP contribution < -0.4 is 10.1 Å². The van der Waals surface area contributed by atoms with Crippen LogP contribution in [0, 0.1) is 5.82 Å². The van der Waals surface area contributed by atoms with Gasteiger partial charge in [-0.15, -0.1) is 0 Å². The van der Waals surface area contributed by atoms with E-state index in [-0.39, 0.29) is 43.7 Å². The van der Waals surface area contributed by atoms with E-state index in [0.29, 0.717) is 24.3 Å². The van der Waals surface area contributed by atoms with Crippen molar-refractivity contribution >= 4 is 11.8 Å². The fraction of sp³-hybridized carbons (Fsp3) is 0.200. The van der Waals surface area contributed by atoms with Gasteiger partial charge in [0, 0.05) is 36.5 Å². The summed E-state index contributed by atoms with van der Waals surface area (Å²) in [6.07, 6.45) is -0.196. The third kappa shape index (κ3) is 7.84. The van der Waals surface area contributed by atoms with E-state index in [2.05, 4.69) is 15.3 Å². The van der Waals surface area contributed by atoms with Crippen molar-refractivity contribution in [3.05, 3.63) is 171 Å². The monoisotopic (exact) mass is 669 g/mol. The van der Waals surface area contributed by atoms with Crippen molar-refractivity contribution in [2.24, 2.45) is 10.1 Å². The average molecular weight is 670 g/mol. The molecule has 0 unspecified atom stereocenters. The van der Waals surface area contributed by atoms with Crippen LogP contribution >= 0.6 is 0 Å². The number of halogens is 1. The van der Waals surface area contributed by atoms with Gasteiger partial charge in [-0.25, -0.2) is 9.38 Å². The lowest BCUT2D eigenvalue weighted by Gasteiger charge is -2.31. The van der Waals surface area contributed by atoms with Gasteiger partial charge in [0.05, 0.1) is 13.2 Å². The first-order valence-electron chi connectivity index (χ1n) is 16.4. The molecule has 1 aliphatic heterocycles. The quantitative estimate of drug-likeness (QED) is 0.0539. The number of carbonyl (C=O) groups excluding carboxylic acids is 1. The second kappa shape index (κ2) is 16.0. The van der Waals surface area contributed by atoms with Crippen molar-refractivity contribution < 1.29 is 23.8 Å². The highest BCUT2D eigenvalue weighted by molar-refractivity contribution is 6.01. The van der Waals surface area contributed by atoms with Crippen LogP contribution in [-0.2, 0) is 29.0 Å². The number of nitrogens with zero attached hydrogens (tertiary/aromatic N) is 4. The molecular weight excluding hydrogens is 633 g/mol. The first kappa shape index (κ1) is 33.9. The second-order valence-corrected chi connectivity index (χ2v) is 11.9. The van der Waals surface area contributed by atoms with Crippen molar-refractivity contribution in [2.45, 2.75) is 37.6 Å². The summed E-state index contributed by atoms with van der Waals surface area (Å²) in [4.78, 5) is 22.8. The number of nitrogens with one attached hydrogen (secondary N) is 1. The number of aliphatic hydroxyl groups excluding tert-OH is 1. The van der Waals surface area contributed by atoms with Gasteiger partial charge in [0.25, 0.3) is 5.91 Å². The second-order valence-electron chi connectivity index (χ2n) is 11.9. The van der Waals surface area contributed by atoms with Gasteiger partial charge in [-0.3, -0.25) is 4.79 Å². The van der Waals surface area contributed by atoms with E-state index in [4.69, 9.17) is 25.1 Å². The lowest BCUT2D eigenvalue weighted by atomic mass is 9.80. The van der Waals surface area contributed by atoms with Crippen molar-refractivity contribution in [3.63, 3.8) is 0 Å². The number of hydrogen-bond acceptors (Lipinski definition) is 6. The zero-order chi connectivity index (χ0) is 34.8. The minimum atomic E-state index is -1.49. The third-order valence-corrected chi connectivity index (χ3v) is 8.60. The van der Waals surface area contributed by atoms with Crippen LogP contribution in [0.4, 0.5) is 4.39 Å². The molecule has 2 N–H and O–H groups in total. The molecule has 10 heteroatoms. The number of benzene rings is 5. The van der Waals surface area contributed by atoms with Gasteiger partial charge in [-0.1, -0.05) is 96.1 Å². The Morgan fingerprint density at radius 2 is 1.54 bits per heavy atom. The Balaban J connectivity index is 1.44. The topological polar surface area (TPSA) is 129 Å². The number of hydrogen-bond donors (Lipinski definition) is 2. The molecular formula is C40H36FN5O4. The smallest absolute Gasteiger partial charge is 0.252 e. The number of aliphatic imine (C=N–C) groups is 1. The summed E-state index contributed by atoms with van der Waals surface area (Å²) in [6.45, 7) is 0.659. The van der Waals surface area contributed by atoms with E-state index in [1.807, 2.05) is 91.0 Å². The molecule has 5 aromatic rings. The third-order valence-electron chi connectivity index (χ3n) is 8.60. The van der Waals surface area contributed by atoms with E-state index in [9.17, 15) is 9.18 Å². The molecule has 0 spiro atoms. The average Bonchev–Trinajstić information content (AvgIpc) is 3.55. The van der Waals surface area contributed by atoms with Gasteiger partial charge >= 0.3 is 0 Å². The molecule has 50 heavy (non-hydrogen) atoms. The van der Waals surface area contributed by atoms with Crippen molar-refractivity contribution in [2.75, 3.05) is 13.2 Å². The minimum Gasteiger partial charge on any atom is -0.494 e. The lowest BCUT2D eigenvalue weighted by Crippen LogP contribution is -2.49. The molecule has 0 saturated carbocycles. The maximum Gasteiger partial charge on any atom is 0.252 e. The SMILES string of the molecule is [N-]=[N+]=NCc1ccccc1C[C@@]1(C(=O)NCc2ccc(F)cc2)N=C(c2ccc(OCCCO)cc2)O[C@@H]1c1ccc(-c2ccccc2)cc1. The lowest BCUT2D eigenvalue weighted by molar-refractivity contribution is -0.129. The van der Waals surface area contributed by atoms with Crippen LogP contribution in [0.1, 0.15) is 40.3 Å². The largest absolute Gasteiger partial charge is 0.494 e. The Labute approximate surface area is 289 Å². The molecule has 0 radical (unpaired) electrons. The zero-order valence-corrected chi connectivity index (χ0v) is 27.3. The van der Waals surface area contributed by atoms with Crippen molar-refractivity contribution in [1.82, 2.24) is 5.32 Å². The maximum atomic E-state index is 14.7. The molecule has 1 amide bonds. The normalized spacial score (nSPS) is 16.5. The molecule has 1 aliphatic rings. The highest BCUT2D eigenvalue weighted by atomic mass is 19.1. The molecule has 9 nitrogen and oxygen atoms in total. The highest BCUT2D eigenvalue weighted by Crippen LogP contribution is 2.43. The van der Waals surface area contributed by atoms with E-state index in [1.165, 1.54) is 12.1 Å². The fourth-order valence-electron chi connectivity index (χ4n) is 5.98. The molecule has 1 heterocycles. The van der Waals surface area contributed by atoms with E-state index in [0.717, 1.165) is 33.4 Å². The van der Waals surface area contributed by atoms with Gasteiger partial charge in [-0.2, -0.15) is 0 Å². The Hall–Kier alpha value is -5.96. The summed E-state index contributed by atoms with van der Waals surface area (Å²) in [6, 6.07) is 38.6. The molecule has 0 saturated heterocycles. The molecule has 0 aromatic heterocycles. The number of rotatable bonds is 14. The van der Waals surface area contributed by atoms with Crippen molar-refractivity contribution in [3.8, 4) is 16.9 Å². The summed E-state index contributed by atoms with van der Waals surface area (Å²) in [5, 5.41) is 16.0. The predicted octanol–water partition coefficient (Wildman–Crippen LogP) is 7.88. The molecule has 5 aromatic carbocycles. The Morgan fingerprint density at radius 3 is 2.24 bits per heavy atom. The van der Waals surface area contributed by atoms with Gasteiger partial charge in [0.15, 0.2) is 11.6 Å². The number of carbonyl (C=O) groups is 1. The van der Waals surface area contributed by atoms with Crippen LogP contribution in [0.2, 0.25) is 0 Å². The van der Waals surface area contributed by atoms with Gasteiger partial charge in [0.1, 0.15) is 11.6 Å². The minimum absolute atomic E-state index is 0.0355. The first-order chi connectivity index (χ1) is 24.5. The van der Waals surface area contributed by atoms with Gasteiger partial charge in [-0.05, 0) is 75.3 Å². The van der Waals surface area contributed by atoms with Crippen LogP contribution in [-0.4, -0.2) is 35.7 Å². The first-order valence-corrected chi connectivity index (χ1v) is 16.4. The number of ether oxygens (including phenoxy) is 2. The summed E-state index contributed by atoms with van der Waals surface area (Å²) in [5.41, 5.74) is 13.3. The van der Waals surface area contributed by atoms with E-state index < -0.39 is 11.6 Å².